The van der Waals surface area contributed by atoms with Gasteiger partial charge in [-0.3, -0.25) is 14.4 Å². The highest BCUT2D eigenvalue weighted by Crippen LogP contribution is 2.37. The average molecular weight is 437 g/mol. The summed E-state index contributed by atoms with van der Waals surface area (Å²) in [6.45, 7) is 6.23. The van der Waals surface area contributed by atoms with E-state index < -0.39 is 5.92 Å². The molecule has 2 aliphatic heterocycles. The van der Waals surface area contributed by atoms with Crippen LogP contribution in [0.25, 0.3) is 0 Å². The number of likely N-dealkylation sites (N-methyl/N-ethyl adjacent to an activating group) is 1. The molecule has 0 radical (unpaired) electrons. The highest BCUT2D eigenvalue weighted by atomic mass is 16.7. The quantitative estimate of drug-likeness (QED) is 0.777. The van der Waals surface area contributed by atoms with Crippen molar-refractivity contribution in [3.05, 3.63) is 47.0 Å². The summed E-state index contributed by atoms with van der Waals surface area (Å²) in [7, 11) is 1.59. The number of carbonyl (C=O) groups excluding carboxylic acids is 3. The van der Waals surface area contributed by atoms with Crippen molar-refractivity contribution < 1.29 is 23.9 Å². The molecule has 8 heteroatoms. The molecule has 8 nitrogen and oxygen atoms in total. The number of anilines is 2. The minimum atomic E-state index is -0.506. The Balaban J connectivity index is 1.38. The maximum Gasteiger partial charge on any atom is 0.243 e. The normalized spacial score (nSPS) is 16.9. The lowest BCUT2D eigenvalue weighted by Crippen LogP contribution is -2.39. The first-order valence-electron chi connectivity index (χ1n) is 10.6. The van der Waals surface area contributed by atoms with E-state index in [2.05, 4.69) is 5.32 Å². The van der Waals surface area contributed by atoms with Crippen LogP contribution in [0.1, 0.15) is 23.1 Å². The van der Waals surface area contributed by atoms with Gasteiger partial charge in [0.2, 0.25) is 24.5 Å². The number of nitrogens with zero attached hydrogens (tertiary/aromatic N) is 2. The molecule has 1 unspecified atom stereocenters. The number of carbonyl (C=O) groups is 3. The van der Waals surface area contributed by atoms with Crippen molar-refractivity contribution in [3.8, 4) is 11.5 Å². The van der Waals surface area contributed by atoms with Gasteiger partial charge < -0.3 is 24.6 Å². The zero-order valence-electron chi connectivity index (χ0n) is 18.7. The van der Waals surface area contributed by atoms with Gasteiger partial charge in [0.25, 0.3) is 0 Å². The van der Waals surface area contributed by atoms with Crippen molar-refractivity contribution in [2.24, 2.45) is 5.92 Å². The molecule has 0 aromatic heterocycles. The second-order valence-electron chi connectivity index (χ2n) is 8.46. The maximum atomic E-state index is 12.9. The highest BCUT2D eigenvalue weighted by Gasteiger charge is 2.37. The molecule has 1 fully saturated rings. The van der Waals surface area contributed by atoms with Gasteiger partial charge in [0, 0.05) is 37.5 Å². The van der Waals surface area contributed by atoms with Gasteiger partial charge in [-0.1, -0.05) is 17.7 Å². The fourth-order valence-corrected chi connectivity index (χ4v) is 4.34. The van der Waals surface area contributed by atoms with Crippen molar-refractivity contribution in [2.75, 3.05) is 37.1 Å². The van der Waals surface area contributed by atoms with E-state index in [9.17, 15) is 14.4 Å². The largest absolute Gasteiger partial charge is 0.454 e. The second kappa shape index (κ2) is 8.53. The monoisotopic (exact) mass is 437 g/mol. The molecule has 3 amide bonds. The number of hydrogen-bond donors (Lipinski definition) is 1. The molecule has 0 saturated carbocycles. The maximum absolute atomic E-state index is 12.9. The summed E-state index contributed by atoms with van der Waals surface area (Å²) in [5, 5.41) is 2.91. The minimum absolute atomic E-state index is 0.0830. The summed E-state index contributed by atoms with van der Waals surface area (Å²) < 4.78 is 10.7. The molecule has 2 aliphatic rings. The Labute approximate surface area is 187 Å². The van der Waals surface area contributed by atoms with E-state index in [0.717, 1.165) is 22.4 Å². The average Bonchev–Trinajstić information content (AvgIpc) is 3.35. The van der Waals surface area contributed by atoms with Gasteiger partial charge in [-0.05, 0) is 44.0 Å². The zero-order chi connectivity index (χ0) is 23.0. The Morgan fingerprint density at radius 2 is 1.78 bits per heavy atom. The van der Waals surface area contributed by atoms with Crippen LogP contribution in [0, 0.1) is 26.7 Å². The molecule has 0 spiro atoms. The van der Waals surface area contributed by atoms with Crippen LogP contribution < -0.4 is 19.7 Å². The molecule has 0 bridgehead atoms. The third kappa shape index (κ3) is 4.26. The third-order valence-electron chi connectivity index (χ3n) is 5.84. The van der Waals surface area contributed by atoms with Crippen LogP contribution in [0.5, 0.6) is 11.5 Å². The molecule has 0 aliphatic carbocycles. The summed E-state index contributed by atoms with van der Waals surface area (Å²) in [4.78, 5) is 41.1. The summed E-state index contributed by atoms with van der Waals surface area (Å²) in [5.41, 5.74) is 4.52. The van der Waals surface area contributed by atoms with Gasteiger partial charge in [0.05, 0.1) is 12.5 Å². The molecule has 32 heavy (non-hydrogen) atoms. The number of nitrogens with one attached hydrogen (secondary N) is 1. The lowest BCUT2D eigenvalue weighted by atomic mass is 10.0. The van der Waals surface area contributed by atoms with Crippen LogP contribution >= 0.6 is 0 Å². The van der Waals surface area contributed by atoms with Gasteiger partial charge in [-0.2, -0.15) is 0 Å². The number of ether oxygens (including phenoxy) is 2. The Hall–Kier alpha value is -3.55. The van der Waals surface area contributed by atoms with Gasteiger partial charge in [-0.25, -0.2) is 0 Å². The lowest BCUT2D eigenvalue weighted by Gasteiger charge is -2.22. The Morgan fingerprint density at radius 1 is 1.09 bits per heavy atom. The molecule has 1 N–H and O–H groups in total. The second-order valence-corrected chi connectivity index (χ2v) is 8.46. The van der Waals surface area contributed by atoms with E-state index in [1.807, 2.05) is 32.9 Å². The van der Waals surface area contributed by atoms with Crippen molar-refractivity contribution in [2.45, 2.75) is 27.2 Å². The molecule has 2 aromatic carbocycles. The first-order chi connectivity index (χ1) is 15.2. The predicted octanol–water partition coefficient (Wildman–Crippen LogP) is 2.79. The van der Waals surface area contributed by atoms with Crippen LogP contribution in [-0.4, -0.2) is 49.6 Å². The molecular formula is C24H27N3O5. The molecule has 1 saturated heterocycles. The fourth-order valence-electron chi connectivity index (χ4n) is 4.34. The first kappa shape index (κ1) is 21.7. The summed E-state index contributed by atoms with van der Waals surface area (Å²) in [5.74, 6) is 0.0832. The van der Waals surface area contributed by atoms with Crippen LogP contribution in [0.15, 0.2) is 30.3 Å². The SMILES string of the molecule is Cc1cc(C)c(NC(=O)CN(C)C(=O)C2CC(=O)N(c3ccc4c(c3)OCO4)C2)c(C)c1. The van der Waals surface area contributed by atoms with Crippen molar-refractivity contribution in [1.29, 1.82) is 0 Å². The van der Waals surface area contributed by atoms with E-state index in [4.69, 9.17) is 9.47 Å². The molecule has 168 valence electrons. The highest BCUT2D eigenvalue weighted by molar-refractivity contribution is 6.01. The summed E-state index contributed by atoms with van der Waals surface area (Å²) >= 11 is 0. The number of hydrogen-bond acceptors (Lipinski definition) is 5. The zero-order valence-corrected chi connectivity index (χ0v) is 18.7. The Morgan fingerprint density at radius 3 is 2.50 bits per heavy atom. The smallest absolute Gasteiger partial charge is 0.243 e. The molecule has 4 rings (SSSR count). The fraction of sp³-hybridized carbons (Fsp3) is 0.375. The van der Waals surface area contributed by atoms with Crippen molar-refractivity contribution in [3.63, 3.8) is 0 Å². The van der Waals surface area contributed by atoms with E-state index in [1.165, 1.54) is 4.90 Å². The molecular weight excluding hydrogens is 410 g/mol. The van der Waals surface area contributed by atoms with Crippen molar-refractivity contribution in [1.82, 2.24) is 4.90 Å². The van der Waals surface area contributed by atoms with E-state index in [-0.39, 0.29) is 44.0 Å². The minimum Gasteiger partial charge on any atom is -0.454 e. The van der Waals surface area contributed by atoms with Gasteiger partial charge in [0.15, 0.2) is 11.5 Å². The molecule has 1 atom stereocenters. The topological polar surface area (TPSA) is 88.2 Å². The number of amides is 3. The van der Waals surface area contributed by atoms with E-state index in [1.54, 1.807) is 30.1 Å². The van der Waals surface area contributed by atoms with Gasteiger partial charge in [0.1, 0.15) is 0 Å². The third-order valence-corrected chi connectivity index (χ3v) is 5.84. The lowest BCUT2D eigenvalue weighted by molar-refractivity contribution is -0.137. The first-order valence-corrected chi connectivity index (χ1v) is 10.6. The van der Waals surface area contributed by atoms with Gasteiger partial charge >= 0.3 is 0 Å². The van der Waals surface area contributed by atoms with Crippen LogP contribution in [0.2, 0.25) is 0 Å². The number of aryl methyl sites for hydroxylation is 3. The molecule has 2 aromatic rings. The predicted molar refractivity (Wildman–Crippen MR) is 120 cm³/mol. The Bertz CT molecular complexity index is 1070. The number of rotatable bonds is 5. The van der Waals surface area contributed by atoms with Crippen LogP contribution in [-0.2, 0) is 14.4 Å². The molecule has 2 heterocycles. The number of benzene rings is 2. The standard InChI is InChI=1S/C24H27N3O5/c1-14-7-15(2)23(16(3)8-14)25-21(28)12-26(4)24(30)17-9-22(29)27(11-17)18-5-6-19-20(10-18)32-13-31-19/h5-8,10,17H,9,11-13H2,1-4H3,(H,25,28). The van der Waals surface area contributed by atoms with Gasteiger partial charge in [-0.15, -0.1) is 0 Å². The summed E-state index contributed by atoms with van der Waals surface area (Å²) in [6, 6.07) is 9.29. The van der Waals surface area contributed by atoms with Crippen LogP contribution in [0.3, 0.4) is 0 Å². The van der Waals surface area contributed by atoms with E-state index in [0.29, 0.717) is 17.2 Å². The summed E-state index contributed by atoms with van der Waals surface area (Å²) in [6.07, 6.45) is 0.107. The van der Waals surface area contributed by atoms with Crippen molar-refractivity contribution >= 4 is 29.1 Å². The van der Waals surface area contributed by atoms with Crippen LogP contribution in [0.4, 0.5) is 11.4 Å². The number of fused-ring (bicyclic) bond motifs is 1. The Kier molecular flexibility index (Phi) is 5.78. The van der Waals surface area contributed by atoms with E-state index >= 15 is 0 Å².